The van der Waals surface area contributed by atoms with Gasteiger partial charge in [-0.2, -0.15) is 0 Å². The maximum Gasteiger partial charge on any atom is 0.261 e. The molecule has 0 saturated heterocycles. The lowest BCUT2D eigenvalue weighted by Crippen LogP contribution is -2.23. The zero-order chi connectivity index (χ0) is 17.0. The van der Waals surface area contributed by atoms with E-state index in [0.717, 1.165) is 30.0 Å². The summed E-state index contributed by atoms with van der Waals surface area (Å²) in [7, 11) is -3.60. The van der Waals surface area contributed by atoms with Crippen LogP contribution in [0.1, 0.15) is 25.0 Å². The van der Waals surface area contributed by atoms with E-state index in [1.165, 1.54) is 0 Å². The SMILES string of the molecule is CCN(CC)c1ccc(NS(=O)(=O)c2ccc(C)c(C)c2)cn1. The molecule has 0 amide bonds. The number of nitrogens with zero attached hydrogens (tertiary/aromatic N) is 2. The largest absolute Gasteiger partial charge is 0.357 e. The van der Waals surface area contributed by atoms with Crippen LogP contribution in [0.3, 0.4) is 0 Å². The van der Waals surface area contributed by atoms with Gasteiger partial charge in [-0.15, -0.1) is 0 Å². The topological polar surface area (TPSA) is 62.3 Å². The Balaban J connectivity index is 2.22. The molecule has 6 heteroatoms. The molecule has 1 heterocycles. The summed E-state index contributed by atoms with van der Waals surface area (Å²) in [6, 6.07) is 8.66. The minimum atomic E-state index is -3.60. The van der Waals surface area contributed by atoms with Crippen LogP contribution in [0.15, 0.2) is 41.4 Å². The third-order valence-electron chi connectivity index (χ3n) is 3.88. The van der Waals surface area contributed by atoms with E-state index in [0.29, 0.717) is 5.69 Å². The molecular formula is C17H23N3O2S. The molecule has 0 aliphatic rings. The lowest BCUT2D eigenvalue weighted by molar-refractivity contribution is 0.601. The molecule has 0 aliphatic heterocycles. The fraction of sp³-hybridized carbons (Fsp3) is 0.353. The van der Waals surface area contributed by atoms with Crippen LogP contribution in [-0.2, 0) is 10.0 Å². The molecule has 0 atom stereocenters. The number of hydrogen-bond donors (Lipinski definition) is 1. The van der Waals surface area contributed by atoms with E-state index in [-0.39, 0.29) is 4.90 Å². The summed E-state index contributed by atoms with van der Waals surface area (Å²) in [5, 5.41) is 0. The Kier molecular flexibility index (Phi) is 5.26. The quantitative estimate of drug-likeness (QED) is 0.880. The van der Waals surface area contributed by atoms with Gasteiger partial charge in [-0.05, 0) is 63.1 Å². The molecule has 1 N–H and O–H groups in total. The van der Waals surface area contributed by atoms with Crippen LogP contribution in [0.4, 0.5) is 11.5 Å². The van der Waals surface area contributed by atoms with Gasteiger partial charge in [0.2, 0.25) is 0 Å². The number of nitrogens with one attached hydrogen (secondary N) is 1. The van der Waals surface area contributed by atoms with Crippen molar-refractivity contribution in [3.8, 4) is 0 Å². The lowest BCUT2D eigenvalue weighted by atomic mass is 10.1. The standard InChI is InChI=1S/C17H23N3O2S/c1-5-20(6-2)17-10-8-15(12-18-17)19-23(21,22)16-9-7-13(3)14(4)11-16/h7-12,19H,5-6H2,1-4H3. The number of aryl methyl sites for hydroxylation is 2. The van der Waals surface area contributed by atoms with E-state index in [1.807, 2.05) is 26.0 Å². The lowest BCUT2D eigenvalue weighted by Gasteiger charge is -2.19. The number of anilines is 2. The summed E-state index contributed by atoms with van der Waals surface area (Å²) in [5.41, 5.74) is 2.47. The Morgan fingerprint density at radius 1 is 1.04 bits per heavy atom. The molecule has 0 radical (unpaired) electrons. The third-order valence-corrected chi connectivity index (χ3v) is 5.26. The first-order valence-corrected chi connectivity index (χ1v) is 9.16. The van der Waals surface area contributed by atoms with Crippen LogP contribution < -0.4 is 9.62 Å². The van der Waals surface area contributed by atoms with E-state index in [1.54, 1.807) is 24.4 Å². The van der Waals surface area contributed by atoms with E-state index in [2.05, 4.69) is 28.5 Å². The highest BCUT2D eigenvalue weighted by atomic mass is 32.2. The number of benzene rings is 1. The predicted molar refractivity (Wildman–Crippen MR) is 94.5 cm³/mol. The molecule has 1 aromatic heterocycles. The van der Waals surface area contributed by atoms with Crippen molar-refractivity contribution in [2.45, 2.75) is 32.6 Å². The summed E-state index contributed by atoms with van der Waals surface area (Å²) >= 11 is 0. The fourth-order valence-corrected chi connectivity index (χ4v) is 3.40. The molecule has 0 bridgehead atoms. The van der Waals surface area contributed by atoms with Crippen molar-refractivity contribution in [2.24, 2.45) is 0 Å². The highest BCUT2D eigenvalue weighted by Crippen LogP contribution is 2.20. The van der Waals surface area contributed by atoms with Crippen LogP contribution in [0, 0.1) is 13.8 Å². The highest BCUT2D eigenvalue weighted by Gasteiger charge is 2.15. The molecule has 0 aliphatic carbocycles. The molecule has 5 nitrogen and oxygen atoms in total. The van der Waals surface area contributed by atoms with Crippen molar-refractivity contribution in [3.05, 3.63) is 47.7 Å². The van der Waals surface area contributed by atoms with Crippen molar-refractivity contribution < 1.29 is 8.42 Å². The number of aromatic nitrogens is 1. The minimum absolute atomic E-state index is 0.258. The van der Waals surface area contributed by atoms with Crippen LogP contribution in [0.2, 0.25) is 0 Å². The van der Waals surface area contributed by atoms with Gasteiger partial charge in [0.1, 0.15) is 5.82 Å². The van der Waals surface area contributed by atoms with Gasteiger partial charge >= 0.3 is 0 Å². The third kappa shape index (κ3) is 4.01. The maximum absolute atomic E-state index is 12.4. The van der Waals surface area contributed by atoms with Crippen LogP contribution in [-0.4, -0.2) is 26.5 Å². The minimum Gasteiger partial charge on any atom is -0.357 e. The second kappa shape index (κ2) is 7.00. The Hall–Kier alpha value is -2.08. The van der Waals surface area contributed by atoms with Gasteiger partial charge in [-0.3, -0.25) is 4.72 Å². The number of rotatable bonds is 6. The highest BCUT2D eigenvalue weighted by molar-refractivity contribution is 7.92. The summed E-state index contributed by atoms with van der Waals surface area (Å²) in [4.78, 5) is 6.69. The van der Waals surface area contributed by atoms with E-state index in [9.17, 15) is 8.42 Å². The van der Waals surface area contributed by atoms with Crippen LogP contribution >= 0.6 is 0 Å². The van der Waals surface area contributed by atoms with Crippen LogP contribution in [0.5, 0.6) is 0 Å². The predicted octanol–water partition coefficient (Wildman–Crippen LogP) is 3.35. The molecule has 0 unspecified atom stereocenters. The molecule has 0 saturated carbocycles. The van der Waals surface area contributed by atoms with Crippen molar-refractivity contribution in [2.75, 3.05) is 22.7 Å². The van der Waals surface area contributed by atoms with E-state index < -0.39 is 10.0 Å². The van der Waals surface area contributed by atoms with Crippen molar-refractivity contribution in [1.82, 2.24) is 4.98 Å². The molecular weight excluding hydrogens is 310 g/mol. The molecule has 2 aromatic rings. The summed E-state index contributed by atoms with van der Waals surface area (Å²) in [5.74, 6) is 0.837. The van der Waals surface area contributed by atoms with Gasteiger partial charge in [0, 0.05) is 13.1 Å². The summed E-state index contributed by atoms with van der Waals surface area (Å²) in [6.07, 6.45) is 1.55. The van der Waals surface area contributed by atoms with E-state index >= 15 is 0 Å². The van der Waals surface area contributed by atoms with Gasteiger partial charge in [0.25, 0.3) is 10.0 Å². The average molecular weight is 333 g/mol. The van der Waals surface area contributed by atoms with Gasteiger partial charge in [-0.1, -0.05) is 6.07 Å². The molecule has 0 spiro atoms. The normalized spacial score (nSPS) is 11.3. The van der Waals surface area contributed by atoms with Crippen molar-refractivity contribution in [3.63, 3.8) is 0 Å². The number of hydrogen-bond acceptors (Lipinski definition) is 4. The van der Waals surface area contributed by atoms with Crippen LogP contribution in [0.25, 0.3) is 0 Å². The number of pyridine rings is 1. The van der Waals surface area contributed by atoms with Gasteiger partial charge in [-0.25, -0.2) is 13.4 Å². The zero-order valence-electron chi connectivity index (χ0n) is 14.0. The first kappa shape index (κ1) is 17.3. The Labute approximate surface area is 138 Å². The van der Waals surface area contributed by atoms with Gasteiger partial charge in [0.05, 0.1) is 16.8 Å². The molecule has 0 fully saturated rings. The Morgan fingerprint density at radius 3 is 2.26 bits per heavy atom. The Bertz CT molecular complexity index is 767. The van der Waals surface area contributed by atoms with Crippen molar-refractivity contribution in [1.29, 1.82) is 0 Å². The molecule has 124 valence electrons. The average Bonchev–Trinajstić information content (AvgIpc) is 2.52. The second-order valence-electron chi connectivity index (χ2n) is 5.43. The smallest absolute Gasteiger partial charge is 0.261 e. The molecule has 1 aromatic carbocycles. The van der Waals surface area contributed by atoms with Gasteiger partial charge < -0.3 is 4.90 Å². The monoisotopic (exact) mass is 333 g/mol. The second-order valence-corrected chi connectivity index (χ2v) is 7.11. The fourth-order valence-electron chi connectivity index (χ4n) is 2.28. The molecule has 2 rings (SSSR count). The first-order valence-electron chi connectivity index (χ1n) is 7.68. The maximum atomic E-state index is 12.4. The summed E-state index contributed by atoms with van der Waals surface area (Å²) < 4.78 is 27.5. The zero-order valence-corrected chi connectivity index (χ0v) is 14.8. The van der Waals surface area contributed by atoms with Crippen molar-refractivity contribution >= 4 is 21.5 Å². The first-order chi connectivity index (χ1) is 10.9. The van der Waals surface area contributed by atoms with E-state index in [4.69, 9.17) is 0 Å². The number of sulfonamides is 1. The van der Waals surface area contributed by atoms with Gasteiger partial charge in [0.15, 0.2) is 0 Å². The molecule has 23 heavy (non-hydrogen) atoms. The summed E-state index contributed by atoms with van der Waals surface area (Å²) in [6.45, 7) is 9.68. The Morgan fingerprint density at radius 2 is 1.74 bits per heavy atom.